The van der Waals surface area contributed by atoms with Crippen molar-refractivity contribution in [3.8, 4) is 5.75 Å². The van der Waals surface area contributed by atoms with Crippen LogP contribution in [-0.2, 0) is 9.59 Å². The van der Waals surface area contributed by atoms with E-state index < -0.39 is 23.8 Å². The first-order valence-electron chi connectivity index (χ1n) is 8.90. The van der Waals surface area contributed by atoms with E-state index in [9.17, 15) is 24.3 Å². The average molecular weight is 429 g/mol. The van der Waals surface area contributed by atoms with Gasteiger partial charge in [-0.05, 0) is 55.8 Å². The number of hydrogen-bond donors (Lipinski definition) is 2. The third-order valence-corrected chi connectivity index (χ3v) is 4.61. The smallest absolute Gasteiger partial charge is 0.335 e. The van der Waals surface area contributed by atoms with Crippen molar-refractivity contribution in [2.24, 2.45) is 0 Å². The normalized spacial score (nSPS) is 15.4. The Morgan fingerprint density at radius 3 is 2.60 bits per heavy atom. The molecule has 8 nitrogen and oxygen atoms in total. The highest BCUT2D eigenvalue weighted by molar-refractivity contribution is 6.39. The van der Waals surface area contributed by atoms with Gasteiger partial charge in [0.2, 0.25) is 0 Å². The van der Waals surface area contributed by atoms with Crippen molar-refractivity contribution in [3.63, 3.8) is 0 Å². The number of benzene rings is 2. The minimum Gasteiger partial charge on any atom is -0.493 e. The first kappa shape index (κ1) is 21.1. The van der Waals surface area contributed by atoms with Gasteiger partial charge in [-0.2, -0.15) is 0 Å². The van der Waals surface area contributed by atoms with Gasteiger partial charge in [-0.1, -0.05) is 17.7 Å². The lowest BCUT2D eigenvalue weighted by molar-refractivity contribution is -0.122. The fourth-order valence-electron chi connectivity index (χ4n) is 2.94. The second-order valence-electron chi connectivity index (χ2n) is 6.38. The standard InChI is InChI=1S/C21H17ClN2O6/c1-3-30-17-7-5-12(20(27)28)8-13(17)9-15-18(25)23-21(29)24(19(15)26)16-10-14(22)6-4-11(16)2/h4-10H,3H2,1-2H3,(H,27,28)(H,23,25,29)/b15-9+. The summed E-state index contributed by atoms with van der Waals surface area (Å²) < 4.78 is 5.47. The number of imide groups is 2. The third-order valence-electron chi connectivity index (χ3n) is 4.37. The molecule has 1 saturated heterocycles. The number of halogens is 1. The minimum atomic E-state index is -1.18. The van der Waals surface area contributed by atoms with Crippen molar-refractivity contribution in [1.29, 1.82) is 0 Å². The highest BCUT2D eigenvalue weighted by Crippen LogP contribution is 2.29. The van der Waals surface area contributed by atoms with Gasteiger partial charge in [0.1, 0.15) is 11.3 Å². The zero-order valence-corrected chi connectivity index (χ0v) is 16.8. The first-order valence-corrected chi connectivity index (χ1v) is 9.28. The molecule has 2 aromatic rings. The first-order chi connectivity index (χ1) is 14.2. The predicted octanol–water partition coefficient (Wildman–Crippen LogP) is 3.41. The van der Waals surface area contributed by atoms with E-state index in [1.54, 1.807) is 26.0 Å². The van der Waals surface area contributed by atoms with Gasteiger partial charge < -0.3 is 9.84 Å². The Bertz CT molecular complexity index is 1110. The number of amides is 4. The summed E-state index contributed by atoms with van der Waals surface area (Å²) in [6.45, 7) is 3.72. The van der Waals surface area contributed by atoms with Crippen molar-refractivity contribution >= 4 is 47.2 Å². The molecule has 0 bridgehead atoms. The molecular weight excluding hydrogens is 412 g/mol. The number of aryl methyl sites for hydroxylation is 1. The molecule has 3 rings (SSSR count). The van der Waals surface area contributed by atoms with Crippen LogP contribution in [0.5, 0.6) is 5.75 Å². The van der Waals surface area contributed by atoms with E-state index in [0.29, 0.717) is 10.6 Å². The lowest BCUT2D eigenvalue weighted by atomic mass is 10.0. The summed E-state index contributed by atoms with van der Waals surface area (Å²) in [4.78, 5) is 50.0. The van der Waals surface area contributed by atoms with Crippen LogP contribution in [0.15, 0.2) is 42.0 Å². The molecule has 2 N–H and O–H groups in total. The molecule has 0 spiro atoms. The van der Waals surface area contributed by atoms with Crippen LogP contribution in [0.3, 0.4) is 0 Å². The molecule has 0 unspecified atom stereocenters. The largest absolute Gasteiger partial charge is 0.493 e. The Balaban J connectivity index is 2.12. The molecule has 0 aliphatic carbocycles. The van der Waals surface area contributed by atoms with Crippen LogP contribution in [0, 0.1) is 6.92 Å². The topological polar surface area (TPSA) is 113 Å². The van der Waals surface area contributed by atoms with Gasteiger partial charge in [0, 0.05) is 10.6 Å². The van der Waals surface area contributed by atoms with Crippen LogP contribution in [0.25, 0.3) is 6.08 Å². The van der Waals surface area contributed by atoms with Crippen molar-refractivity contribution in [3.05, 3.63) is 63.7 Å². The van der Waals surface area contributed by atoms with Crippen molar-refractivity contribution in [2.45, 2.75) is 13.8 Å². The number of aromatic carboxylic acids is 1. The second-order valence-corrected chi connectivity index (χ2v) is 6.82. The van der Waals surface area contributed by atoms with E-state index in [1.807, 2.05) is 0 Å². The quantitative estimate of drug-likeness (QED) is 0.557. The van der Waals surface area contributed by atoms with E-state index in [-0.39, 0.29) is 34.7 Å². The van der Waals surface area contributed by atoms with Crippen molar-refractivity contribution in [1.82, 2.24) is 5.32 Å². The summed E-state index contributed by atoms with van der Waals surface area (Å²) in [6, 6.07) is 7.86. The Morgan fingerprint density at radius 2 is 1.93 bits per heavy atom. The number of carbonyl (C=O) groups is 4. The van der Waals surface area contributed by atoms with Crippen molar-refractivity contribution < 1.29 is 29.0 Å². The molecule has 1 aliphatic rings. The van der Waals surface area contributed by atoms with Gasteiger partial charge in [-0.15, -0.1) is 0 Å². The van der Waals surface area contributed by atoms with Gasteiger partial charge >= 0.3 is 12.0 Å². The molecule has 2 aromatic carbocycles. The van der Waals surface area contributed by atoms with Crippen molar-refractivity contribution in [2.75, 3.05) is 11.5 Å². The molecule has 1 fully saturated rings. The van der Waals surface area contributed by atoms with Gasteiger partial charge in [-0.25, -0.2) is 14.5 Å². The minimum absolute atomic E-state index is 0.0485. The van der Waals surface area contributed by atoms with Crippen LogP contribution in [0.2, 0.25) is 5.02 Å². The summed E-state index contributed by atoms with van der Waals surface area (Å²) in [5.74, 6) is -2.65. The lowest BCUT2D eigenvalue weighted by Gasteiger charge is -2.27. The summed E-state index contributed by atoms with van der Waals surface area (Å²) in [6.07, 6.45) is 1.20. The number of nitrogens with one attached hydrogen (secondary N) is 1. The molecule has 0 saturated carbocycles. The SMILES string of the molecule is CCOc1ccc(C(=O)O)cc1/C=C1\C(=O)NC(=O)N(c2cc(Cl)ccc2C)C1=O. The summed E-state index contributed by atoms with van der Waals surface area (Å²) in [5.41, 5.74) is 0.643. The van der Waals surface area contributed by atoms with Crippen LogP contribution in [0.1, 0.15) is 28.4 Å². The van der Waals surface area contributed by atoms with E-state index in [2.05, 4.69) is 5.32 Å². The van der Waals surface area contributed by atoms with Gasteiger partial charge in [0.15, 0.2) is 0 Å². The highest BCUT2D eigenvalue weighted by Gasteiger charge is 2.37. The molecule has 0 atom stereocenters. The third kappa shape index (κ3) is 4.04. The summed E-state index contributed by atoms with van der Waals surface area (Å²) >= 11 is 6.01. The number of rotatable bonds is 5. The average Bonchev–Trinajstić information content (AvgIpc) is 2.68. The zero-order valence-electron chi connectivity index (χ0n) is 16.1. The zero-order chi connectivity index (χ0) is 22.0. The van der Waals surface area contributed by atoms with Crippen LogP contribution >= 0.6 is 11.6 Å². The van der Waals surface area contributed by atoms with Gasteiger partial charge in [-0.3, -0.25) is 14.9 Å². The monoisotopic (exact) mass is 428 g/mol. The molecule has 1 heterocycles. The Labute approximate surface area is 176 Å². The molecule has 0 aromatic heterocycles. The fourth-order valence-corrected chi connectivity index (χ4v) is 3.10. The number of anilines is 1. The molecule has 1 aliphatic heterocycles. The second kappa shape index (κ2) is 8.38. The Morgan fingerprint density at radius 1 is 1.20 bits per heavy atom. The van der Waals surface area contributed by atoms with Gasteiger partial charge in [0.25, 0.3) is 11.8 Å². The summed E-state index contributed by atoms with van der Waals surface area (Å²) in [7, 11) is 0. The number of carboxylic acids is 1. The Kier molecular flexibility index (Phi) is 5.89. The van der Waals surface area contributed by atoms with E-state index in [1.165, 1.54) is 30.3 Å². The van der Waals surface area contributed by atoms with E-state index in [0.717, 1.165) is 4.90 Å². The van der Waals surface area contributed by atoms with E-state index in [4.69, 9.17) is 16.3 Å². The van der Waals surface area contributed by atoms with Crippen LogP contribution in [-0.4, -0.2) is 35.5 Å². The molecule has 0 radical (unpaired) electrons. The molecular formula is C21H17ClN2O6. The number of carbonyl (C=O) groups excluding carboxylic acids is 3. The maximum atomic E-state index is 13.1. The molecule has 154 valence electrons. The van der Waals surface area contributed by atoms with E-state index >= 15 is 0 Å². The fraction of sp³-hybridized carbons (Fsp3) is 0.143. The van der Waals surface area contributed by atoms with Gasteiger partial charge in [0.05, 0.1) is 17.9 Å². The number of ether oxygens (including phenoxy) is 1. The van der Waals surface area contributed by atoms with Crippen LogP contribution < -0.4 is 15.0 Å². The lowest BCUT2D eigenvalue weighted by Crippen LogP contribution is -2.54. The number of urea groups is 1. The maximum absolute atomic E-state index is 13.1. The highest BCUT2D eigenvalue weighted by atomic mass is 35.5. The Hall–Kier alpha value is -3.65. The van der Waals surface area contributed by atoms with Crippen LogP contribution in [0.4, 0.5) is 10.5 Å². The number of nitrogens with zero attached hydrogens (tertiary/aromatic N) is 1. The number of carboxylic acid groups (broad SMARTS) is 1. The maximum Gasteiger partial charge on any atom is 0.335 e. The number of barbiturate groups is 1. The molecule has 4 amide bonds. The molecule has 9 heteroatoms. The number of hydrogen-bond acceptors (Lipinski definition) is 5. The summed E-state index contributed by atoms with van der Waals surface area (Å²) in [5, 5.41) is 11.7. The predicted molar refractivity (Wildman–Crippen MR) is 110 cm³/mol. The molecule has 30 heavy (non-hydrogen) atoms.